The van der Waals surface area contributed by atoms with E-state index in [0.29, 0.717) is 24.7 Å². The Hall–Kier alpha value is -2.37. The highest BCUT2D eigenvalue weighted by molar-refractivity contribution is 5.92. The summed E-state index contributed by atoms with van der Waals surface area (Å²) in [5.74, 6) is -0.554. The van der Waals surface area contributed by atoms with E-state index in [1.165, 1.54) is 4.68 Å². The highest BCUT2D eigenvalue weighted by Gasteiger charge is 2.33. The molecule has 1 aliphatic heterocycles. The van der Waals surface area contributed by atoms with Gasteiger partial charge in [0.1, 0.15) is 0 Å². The first-order valence-corrected chi connectivity index (χ1v) is 7.10. The van der Waals surface area contributed by atoms with Crippen LogP contribution in [0.5, 0.6) is 5.95 Å². The fraction of sp³-hybridized carbons (Fsp3) is 0.400. The van der Waals surface area contributed by atoms with Crippen LogP contribution >= 0.6 is 0 Å². The lowest BCUT2D eigenvalue weighted by molar-refractivity contribution is -0.672. The van der Waals surface area contributed by atoms with E-state index in [2.05, 4.69) is 12.2 Å². The van der Waals surface area contributed by atoms with Crippen molar-refractivity contribution in [2.24, 2.45) is 5.92 Å². The van der Waals surface area contributed by atoms with Crippen molar-refractivity contribution in [1.29, 1.82) is 0 Å². The summed E-state index contributed by atoms with van der Waals surface area (Å²) in [5, 5.41) is 15.6. The molecule has 21 heavy (non-hydrogen) atoms. The predicted molar refractivity (Wildman–Crippen MR) is 71.8 cm³/mol. The van der Waals surface area contributed by atoms with Crippen molar-refractivity contribution in [3.05, 3.63) is 36.0 Å². The first kappa shape index (κ1) is 13.6. The van der Waals surface area contributed by atoms with Crippen molar-refractivity contribution in [3.63, 3.8) is 0 Å². The number of nitrogens with zero attached hydrogens (tertiary/aromatic N) is 3. The van der Waals surface area contributed by atoms with Gasteiger partial charge in [-0.15, -0.1) is 0 Å². The van der Waals surface area contributed by atoms with Crippen LogP contribution in [0.1, 0.15) is 30.3 Å². The van der Waals surface area contributed by atoms with E-state index in [1.807, 2.05) is 18.2 Å². The number of hydrogen-bond donors (Lipinski definition) is 0. The van der Waals surface area contributed by atoms with Crippen LogP contribution in [0.3, 0.4) is 0 Å². The molecule has 2 heterocycles. The number of benzene rings is 1. The van der Waals surface area contributed by atoms with Gasteiger partial charge in [0.05, 0.1) is 5.27 Å². The zero-order chi connectivity index (χ0) is 14.8. The lowest BCUT2D eigenvalue weighted by Crippen LogP contribution is -2.46. The number of carbonyl (C=O) groups is 1. The minimum absolute atomic E-state index is 0.0321. The number of piperidine rings is 1. The van der Waals surface area contributed by atoms with Crippen LogP contribution in [0.15, 0.2) is 34.9 Å². The molecule has 0 saturated carbocycles. The average Bonchev–Trinajstić information content (AvgIpc) is 2.89. The van der Waals surface area contributed by atoms with Gasteiger partial charge in [0.25, 0.3) is 0 Å². The van der Waals surface area contributed by atoms with Crippen molar-refractivity contribution in [3.8, 4) is 11.6 Å². The predicted octanol–water partition coefficient (Wildman–Crippen LogP) is 0.897. The summed E-state index contributed by atoms with van der Waals surface area (Å²) in [7, 11) is 0. The lowest BCUT2D eigenvalue weighted by Gasteiger charge is -2.29. The third-order valence-corrected chi connectivity index (χ3v) is 3.76. The van der Waals surface area contributed by atoms with Gasteiger partial charge in [-0.1, -0.05) is 25.1 Å². The van der Waals surface area contributed by atoms with Crippen molar-refractivity contribution in [2.45, 2.75) is 19.8 Å². The maximum atomic E-state index is 12.6. The molecule has 1 unspecified atom stereocenters. The van der Waals surface area contributed by atoms with Gasteiger partial charge in [-0.2, -0.15) is 0 Å². The third kappa shape index (κ3) is 2.61. The maximum absolute atomic E-state index is 12.6. The van der Waals surface area contributed by atoms with Gasteiger partial charge in [-0.3, -0.25) is 4.79 Å². The third-order valence-electron chi connectivity index (χ3n) is 3.76. The molecule has 1 atom stereocenters. The summed E-state index contributed by atoms with van der Waals surface area (Å²) in [6.07, 6.45) is 2.06. The van der Waals surface area contributed by atoms with Crippen molar-refractivity contribution >= 4 is 5.91 Å². The molecule has 6 nitrogen and oxygen atoms in total. The summed E-state index contributed by atoms with van der Waals surface area (Å²) in [5.41, 5.74) is 0.604. The molecule has 0 bridgehead atoms. The molecule has 0 N–H and O–H groups in total. The number of rotatable bonds is 2. The van der Waals surface area contributed by atoms with E-state index < -0.39 is 5.95 Å². The number of carbonyl (C=O) groups excluding carboxylic acids is 1. The Morgan fingerprint density at radius 2 is 2.19 bits per heavy atom. The van der Waals surface area contributed by atoms with Crippen LogP contribution in [-0.2, 0) is 0 Å². The maximum Gasteiger partial charge on any atom is 0.327 e. The summed E-state index contributed by atoms with van der Waals surface area (Å²) in [6.45, 7) is 3.44. The second kappa shape index (κ2) is 5.55. The summed E-state index contributed by atoms with van der Waals surface area (Å²) < 4.78 is 5.98. The van der Waals surface area contributed by atoms with E-state index in [-0.39, 0.29) is 11.6 Å². The fourth-order valence-corrected chi connectivity index (χ4v) is 2.70. The Balaban J connectivity index is 1.95. The van der Waals surface area contributed by atoms with Gasteiger partial charge in [-0.25, -0.2) is 0 Å². The molecule has 1 amide bonds. The van der Waals surface area contributed by atoms with Crippen LogP contribution in [0.25, 0.3) is 5.69 Å². The first-order valence-electron chi connectivity index (χ1n) is 7.10. The van der Waals surface area contributed by atoms with Crippen LogP contribution in [-0.4, -0.2) is 29.2 Å². The van der Waals surface area contributed by atoms with E-state index in [1.54, 1.807) is 17.0 Å². The molecule has 110 valence electrons. The Morgan fingerprint density at radius 3 is 2.90 bits per heavy atom. The molecule has 0 aliphatic carbocycles. The van der Waals surface area contributed by atoms with Gasteiger partial charge in [0.2, 0.25) is 5.69 Å². The van der Waals surface area contributed by atoms with E-state index in [0.717, 1.165) is 12.8 Å². The summed E-state index contributed by atoms with van der Waals surface area (Å²) in [4.78, 5) is 14.3. The Labute approximate surface area is 122 Å². The first-order chi connectivity index (χ1) is 10.2. The highest BCUT2D eigenvalue weighted by Crippen LogP contribution is 2.19. The van der Waals surface area contributed by atoms with Gasteiger partial charge < -0.3 is 14.5 Å². The minimum atomic E-state index is -0.693. The molecule has 3 rings (SSSR count). The van der Waals surface area contributed by atoms with Crippen molar-refractivity contribution in [1.82, 2.24) is 10.2 Å². The number of amides is 1. The van der Waals surface area contributed by atoms with Crippen LogP contribution in [0.4, 0.5) is 0 Å². The standard InChI is InChI=1S/C15H17N3O3/c1-11-6-5-9-17(10-11)14(19)13-15(20)21-16-18(13)12-7-3-2-4-8-12/h2-4,7-8,11H,5-6,9-10H2,1H3. The molecule has 0 radical (unpaired) electrons. The molecule has 2 aromatic rings. The number of aromatic nitrogens is 2. The van der Waals surface area contributed by atoms with Crippen molar-refractivity contribution in [2.75, 3.05) is 13.1 Å². The molecule has 6 heteroatoms. The van der Waals surface area contributed by atoms with Gasteiger partial charge in [0.15, 0.2) is 5.95 Å². The molecular formula is C15H17N3O3. The number of hydrogen-bond acceptors (Lipinski definition) is 4. The van der Waals surface area contributed by atoms with Gasteiger partial charge >= 0.3 is 11.6 Å². The molecule has 1 aromatic carbocycles. The van der Waals surface area contributed by atoms with Crippen LogP contribution in [0.2, 0.25) is 0 Å². The van der Waals surface area contributed by atoms with E-state index >= 15 is 0 Å². The molecule has 1 saturated heterocycles. The summed E-state index contributed by atoms with van der Waals surface area (Å²) >= 11 is 0. The largest absolute Gasteiger partial charge is 0.538 e. The minimum Gasteiger partial charge on any atom is -0.538 e. The smallest absolute Gasteiger partial charge is 0.327 e. The highest BCUT2D eigenvalue weighted by atomic mass is 16.6. The summed E-state index contributed by atoms with van der Waals surface area (Å²) in [6, 6.07) is 9.04. The second-order valence-corrected chi connectivity index (χ2v) is 5.45. The number of para-hydroxylation sites is 1. The monoisotopic (exact) mass is 287 g/mol. The number of likely N-dealkylation sites (tertiary alicyclic amines) is 1. The van der Waals surface area contributed by atoms with E-state index in [4.69, 9.17) is 4.52 Å². The molecule has 1 fully saturated rings. The lowest BCUT2D eigenvalue weighted by atomic mass is 10.00. The Bertz CT molecular complexity index is 639. The average molecular weight is 287 g/mol. The van der Waals surface area contributed by atoms with Crippen molar-refractivity contribution < 1.29 is 19.1 Å². The second-order valence-electron chi connectivity index (χ2n) is 5.45. The molecule has 1 aliphatic rings. The quantitative estimate of drug-likeness (QED) is 0.769. The van der Waals surface area contributed by atoms with E-state index in [9.17, 15) is 9.90 Å². The van der Waals surface area contributed by atoms with Crippen LogP contribution < -0.4 is 9.79 Å². The fourth-order valence-electron chi connectivity index (χ4n) is 2.70. The molecule has 0 spiro atoms. The van der Waals surface area contributed by atoms with Gasteiger partial charge in [0, 0.05) is 25.2 Å². The SMILES string of the molecule is CC1CCCN(C(=O)c2c([O-])on[n+]2-c2ccccc2)C1. The zero-order valence-electron chi connectivity index (χ0n) is 11.9. The Kier molecular flexibility index (Phi) is 3.60. The van der Waals surface area contributed by atoms with Crippen LogP contribution in [0, 0.1) is 5.92 Å². The molecular weight excluding hydrogens is 270 g/mol. The van der Waals surface area contributed by atoms with Gasteiger partial charge in [-0.05, 0) is 23.4 Å². The zero-order valence-corrected chi connectivity index (χ0v) is 11.9. The topological polar surface area (TPSA) is 73.3 Å². The molecule has 1 aromatic heterocycles. The Morgan fingerprint density at radius 1 is 1.43 bits per heavy atom. The normalized spacial score (nSPS) is 18.7.